The number of halogens is 2. The van der Waals surface area contributed by atoms with Crippen LogP contribution in [0.15, 0.2) is 42.5 Å². The smallest absolute Gasteiger partial charge is 0.243 e. The number of hydrogen-bond acceptors (Lipinski definition) is 3. The Balaban J connectivity index is 1.83. The molecule has 2 aromatic rings. The van der Waals surface area contributed by atoms with Crippen LogP contribution in [0.5, 0.6) is 0 Å². The van der Waals surface area contributed by atoms with Crippen molar-refractivity contribution in [3.05, 3.63) is 52.5 Å². The highest BCUT2D eigenvalue weighted by molar-refractivity contribution is 6.36. The highest BCUT2D eigenvalue weighted by Crippen LogP contribution is 2.25. The van der Waals surface area contributed by atoms with Gasteiger partial charge in [0, 0.05) is 22.8 Å². The first-order chi connectivity index (χ1) is 12.3. The molecular weight excluding hydrogens is 373 g/mol. The molecule has 0 heterocycles. The van der Waals surface area contributed by atoms with Crippen LogP contribution in [0.25, 0.3) is 0 Å². The van der Waals surface area contributed by atoms with E-state index in [-0.39, 0.29) is 18.4 Å². The number of carbonyl (C=O) groups excluding carboxylic acids is 2. The molecule has 138 valence electrons. The molecule has 5 nitrogen and oxygen atoms in total. The van der Waals surface area contributed by atoms with Gasteiger partial charge in [0.2, 0.25) is 11.8 Å². The van der Waals surface area contributed by atoms with Gasteiger partial charge >= 0.3 is 0 Å². The van der Waals surface area contributed by atoms with Crippen LogP contribution in [-0.4, -0.2) is 18.4 Å². The van der Waals surface area contributed by atoms with Crippen LogP contribution >= 0.6 is 23.2 Å². The zero-order chi connectivity index (χ0) is 19.1. The van der Waals surface area contributed by atoms with E-state index in [1.165, 1.54) is 0 Å². The van der Waals surface area contributed by atoms with Gasteiger partial charge in [-0.05, 0) is 48.4 Å². The Morgan fingerprint density at radius 2 is 1.58 bits per heavy atom. The number of rotatable bonds is 7. The third kappa shape index (κ3) is 6.58. The van der Waals surface area contributed by atoms with Gasteiger partial charge in [0.15, 0.2) is 0 Å². The van der Waals surface area contributed by atoms with Gasteiger partial charge in [-0.3, -0.25) is 9.59 Å². The van der Waals surface area contributed by atoms with Gasteiger partial charge in [-0.25, -0.2) is 0 Å². The Hall–Kier alpha value is -2.24. The van der Waals surface area contributed by atoms with Crippen LogP contribution in [0.3, 0.4) is 0 Å². The van der Waals surface area contributed by atoms with E-state index in [9.17, 15) is 9.59 Å². The molecule has 0 spiro atoms. The summed E-state index contributed by atoms with van der Waals surface area (Å²) in [4.78, 5) is 23.8. The van der Waals surface area contributed by atoms with Crippen LogP contribution in [0.4, 0.5) is 17.1 Å². The van der Waals surface area contributed by atoms with Crippen molar-refractivity contribution >= 4 is 52.1 Å². The average molecular weight is 394 g/mol. The topological polar surface area (TPSA) is 70.2 Å². The van der Waals surface area contributed by atoms with Gasteiger partial charge in [0.25, 0.3) is 0 Å². The maximum absolute atomic E-state index is 12.0. The second-order valence-electron chi connectivity index (χ2n) is 6.25. The van der Waals surface area contributed by atoms with Crippen molar-refractivity contribution in [2.45, 2.75) is 20.3 Å². The predicted octanol–water partition coefficient (Wildman–Crippen LogP) is 5.03. The summed E-state index contributed by atoms with van der Waals surface area (Å²) in [6, 6.07) is 12.0. The molecule has 0 unspecified atom stereocenters. The Morgan fingerprint density at radius 3 is 2.19 bits per heavy atom. The fraction of sp³-hybridized carbons (Fsp3) is 0.263. The van der Waals surface area contributed by atoms with Crippen LogP contribution < -0.4 is 16.0 Å². The molecule has 0 aliphatic heterocycles. The molecule has 0 aromatic heterocycles. The van der Waals surface area contributed by atoms with Crippen molar-refractivity contribution in [2.75, 3.05) is 22.5 Å². The molecule has 2 amide bonds. The lowest BCUT2D eigenvalue weighted by Gasteiger charge is -2.11. The number of nitrogens with one attached hydrogen (secondary N) is 3. The van der Waals surface area contributed by atoms with Crippen molar-refractivity contribution in [3.8, 4) is 0 Å². The lowest BCUT2D eigenvalue weighted by atomic mass is 10.1. The standard InChI is InChI=1S/C19H21Cl2N3O2/c1-12(2)9-18(25)23-15-6-4-14(5-7-15)22-11-19(26)24-17-8-3-13(20)10-16(17)21/h3-8,10,12,22H,9,11H2,1-2H3,(H,23,25)(H,24,26). The molecule has 2 rings (SSSR count). The molecular formula is C19H21Cl2N3O2. The summed E-state index contributed by atoms with van der Waals surface area (Å²) in [5, 5.41) is 9.45. The minimum absolute atomic E-state index is 0.0140. The molecule has 0 bridgehead atoms. The molecule has 0 radical (unpaired) electrons. The normalized spacial score (nSPS) is 10.5. The Labute approximate surface area is 163 Å². The number of anilines is 3. The third-order valence-corrected chi connectivity index (χ3v) is 3.97. The van der Waals surface area contributed by atoms with E-state index in [4.69, 9.17) is 23.2 Å². The zero-order valence-electron chi connectivity index (χ0n) is 14.6. The van der Waals surface area contributed by atoms with Gasteiger partial charge in [0.1, 0.15) is 0 Å². The third-order valence-electron chi connectivity index (χ3n) is 3.42. The van der Waals surface area contributed by atoms with Crippen LogP contribution in [0, 0.1) is 5.92 Å². The van der Waals surface area contributed by atoms with Crippen molar-refractivity contribution < 1.29 is 9.59 Å². The van der Waals surface area contributed by atoms with Crippen LogP contribution in [-0.2, 0) is 9.59 Å². The van der Waals surface area contributed by atoms with E-state index >= 15 is 0 Å². The summed E-state index contributed by atoms with van der Waals surface area (Å²) in [6.45, 7) is 4.07. The minimum atomic E-state index is -0.233. The number of benzene rings is 2. The van der Waals surface area contributed by atoms with Gasteiger partial charge in [-0.15, -0.1) is 0 Å². The quantitative estimate of drug-likeness (QED) is 0.617. The van der Waals surface area contributed by atoms with Gasteiger partial charge in [0.05, 0.1) is 17.3 Å². The first-order valence-corrected chi connectivity index (χ1v) is 8.98. The molecule has 7 heteroatoms. The highest BCUT2D eigenvalue weighted by Gasteiger charge is 2.07. The van der Waals surface area contributed by atoms with E-state index < -0.39 is 0 Å². The largest absolute Gasteiger partial charge is 0.376 e. The number of amides is 2. The second kappa shape index (κ2) is 9.46. The summed E-state index contributed by atoms with van der Waals surface area (Å²) >= 11 is 11.9. The lowest BCUT2D eigenvalue weighted by molar-refractivity contribution is -0.117. The van der Waals surface area contributed by atoms with Crippen molar-refractivity contribution in [3.63, 3.8) is 0 Å². The maximum atomic E-state index is 12.0. The SMILES string of the molecule is CC(C)CC(=O)Nc1ccc(NCC(=O)Nc2ccc(Cl)cc2Cl)cc1. The highest BCUT2D eigenvalue weighted by atomic mass is 35.5. The first-order valence-electron chi connectivity index (χ1n) is 8.22. The molecule has 0 fully saturated rings. The van der Waals surface area contributed by atoms with Gasteiger partial charge < -0.3 is 16.0 Å². The Kier molecular flexibility index (Phi) is 7.30. The number of hydrogen-bond donors (Lipinski definition) is 3. The van der Waals surface area contributed by atoms with Crippen LogP contribution in [0.2, 0.25) is 10.0 Å². The molecule has 26 heavy (non-hydrogen) atoms. The fourth-order valence-electron chi connectivity index (χ4n) is 2.22. The average Bonchev–Trinajstić information content (AvgIpc) is 2.56. The number of carbonyl (C=O) groups is 2. The van der Waals surface area contributed by atoms with Crippen molar-refractivity contribution in [1.29, 1.82) is 0 Å². The summed E-state index contributed by atoms with van der Waals surface area (Å²) in [5.41, 5.74) is 1.99. The maximum Gasteiger partial charge on any atom is 0.243 e. The first kappa shape index (κ1) is 20.1. The summed E-state index contributed by atoms with van der Waals surface area (Å²) in [7, 11) is 0. The Bertz CT molecular complexity index is 777. The van der Waals surface area contributed by atoms with Crippen LogP contribution in [0.1, 0.15) is 20.3 Å². The molecule has 0 atom stereocenters. The minimum Gasteiger partial charge on any atom is -0.376 e. The molecule has 0 saturated carbocycles. The predicted molar refractivity (Wildman–Crippen MR) is 108 cm³/mol. The fourth-order valence-corrected chi connectivity index (χ4v) is 2.68. The monoisotopic (exact) mass is 393 g/mol. The van der Waals surface area contributed by atoms with E-state index in [1.807, 2.05) is 13.8 Å². The molecule has 0 aliphatic carbocycles. The van der Waals surface area contributed by atoms with E-state index in [0.29, 0.717) is 28.1 Å². The molecule has 2 aromatic carbocycles. The summed E-state index contributed by atoms with van der Waals surface area (Å²) < 4.78 is 0. The molecule has 0 saturated heterocycles. The van der Waals surface area contributed by atoms with Crippen molar-refractivity contribution in [1.82, 2.24) is 0 Å². The lowest BCUT2D eigenvalue weighted by Crippen LogP contribution is -2.21. The zero-order valence-corrected chi connectivity index (χ0v) is 16.1. The second-order valence-corrected chi connectivity index (χ2v) is 7.09. The Morgan fingerprint density at radius 1 is 0.923 bits per heavy atom. The van der Waals surface area contributed by atoms with E-state index in [2.05, 4.69) is 16.0 Å². The van der Waals surface area contributed by atoms with Gasteiger partial charge in [-0.1, -0.05) is 37.0 Å². The molecule has 0 aliphatic rings. The van der Waals surface area contributed by atoms with E-state index in [1.54, 1.807) is 42.5 Å². The van der Waals surface area contributed by atoms with Crippen molar-refractivity contribution in [2.24, 2.45) is 5.92 Å². The van der Waals surface area contributed by atoms with E-state index in [0.717, 1.165) is 11.4 Å². The summed E-state index contributed by atoms with van der Waals surface area (Å²) in [5.74, 6) is 0.0621. The summed E-state index contributed by atoms with van der Waals surface area (Å²) in [6.07, 6.45) is 0.480. The van der Waals surface area contributed by atoms with Gasteiger partial charge in [-0.2, -0.15) is 0 Å². The molecule has 3 N–H and O–H groups in total.